The van der Waals surface area contributed by atoms with E-state index in [0.717, 1.165) is 56.9 Å². The summed E-state index contributed by atoms with van der Waals surface area (Å²) in [7, 11) is 0. The molecule has 1 aromatic rings. The van der Waals surface area contributed by atoms with Crippen molar-refractivity contribution >= 4 is 47.3 Å². The first-order valence-electron chi connectivity index (χ1n) is 35.6. The van der Waals surface area contributed by atoms with Crippen molar-refractivity contribution in [1.82, 2.24) is 10.6 Å². The quantitative estimate of drug-likeness (QED) is 0.0348. The van der Waals surface area contributed by atoms with Crippen molar-refractivity contribution in [3.05, 3.63) is 35.9 Å². The highest BCUT2D eigenvalue weighted by Crippen LogP contribution is 2.38. The van der Waals surface area contributed by atoms with Crippen LogP contribution in [-0.4, -0.2) is 176 Å². The lowest BCUT2D eigenvalue weighted by Crippen LogP contribution is -2.58. The highest BCUT2D eigenvalue weighted by Gasteiger charge is 2.44. The molecule has 3 aliphatic rings. The summed E-state index contributed by atoms with van der Waals surface area (Å²) < 4.78 is 77.4. The maximum absolute atomic E-state index is 13.8. The van der Waals surface area contributed by atoms with Crippen LogP contribution in [0.1, 0.15) is 198 Å². The molecule has 3 aliphatic heterocycles. The van der Waals surface area contributed by atoms with Crippen molar-refractivity contribution in [3.63, 3.8) is 0 Å². The van der Waals surface area contributed by atoms with Crippen LogP contribution >= 0.6 is 0 Å². The number of Topliss-reactive ketones (excluding diaryl/α,β-unsaturated/α-hetero) is 2. The van der Waals surface area contributed by atoms with Crippen LogP contribution in [0.15, 0.2) is 30.3 Å². The van der Waals surface area contributed by atoms with E-state index in [9.17, 15) is 38.4 Å². The second-order valence-electron chi connectivity index (χ2n) is 27.3. The third-order valence-electron chi connectivity index (χ3n) is 19.5. The Morgan fingerprint density at radius 1 is 0.427 bits per heavy atom. The van der Waals surface area contributed by atoms with Crippen molar-refractivity contribution in [3.8, 4) is 0 Å². The van der Waals surface area contributed by atoms with E-state index in [4.69, 9.17) is 61.6 Å². The largest absolute Gasteiger partial charge is 0.463 e. The van der Waals surface area contributed by atoms with E-state index in [-0.39, 0.29) is 187 Å². The molecule has 0 radical (unpaired) electrons. The number of carbonyl (C=O) groups excluding carboxylic acids is 8. The molecule has 23 nitrogen and oxygen atoms in total. The Bertz CT molecular complexity index is 2350. The molecule has 1 aromatic carbocycles. The number of unbranched alkanes of at least 4 members (excludes halogenated alkanes) is 8. The maximum Gasteiger partial charge on any atom is 0.306 e. The summed E-state index contributed by atoms with van der Waals surface area (Å²) in [6.45, 7) is 24.8. The molecule has 3 heterocycles. The van der Waals surface area contributed by atoms with Crippen LogP contribution in [-0.2, 0) is 107 Å². The molecule has 23 heteroatoms. The molecular weight excluding hydrogens is 1240 g/mol. The van der Waals surface area contributed by atoms with E-state index in [2.05, 4.69) is 52.2 Å². The first-order valence-corrected chi connectivity index (χ1v) is 35.6. The summed E-state index contributed by atoms with van der Waals surface area (Å²) >= 11 is 0. The highest BCUT2D eigenvalue weighted by atomic mass is 16.7. The topological polar surface area (TPSA) is 281 Å². The van der Waals surface area contributed by atoms with Gasteiger partial charge in [0.25, 0.3) is 0 Å². The summed E-state index contributed by atoms with van der Waals surface area (Å²) in [4.78, 5) is 99.9. The van der Waals surface area contributed by atoms with Crippen molar-refractivity contribution in [1.29, 1.82) is 0 Å². The molecule has 4 rings (SSSR count). The summed E-state index contributed by atoms with van der Waals surface area (Å²) in [6, 6.07) is 8.94. The minimum absolute atomic E-state index is 0.00142. The van der Waals surface area contributed by atoms with Gasteiger partial charge in [-0.05, 0) is 86.0 Å². The lowest BCUT2D eigenvalue weighted by molar-refractivity contribution is -0.255. The van der Waals surface area contributed by atoms with Gasteiger partial charge >= 0.3 is 23.9 Å². The van der Waals surface area contributed by atoms with Crippen LogP contribution in [0.25, 0.3) is 0 Å². The molecule has 0 aromatic heterocycles. The van der Waals surface area contributed by atoms with Crippen molar-refractivity contribution in [2.24, 2.45) is 52.8 Å². The highest BCUT2D eigenvalue weighted by molar-refractivity contribution is 5.79. The van der Waals surface area contributed by atoms with Gasteiger partial charge in [0, 0.05) is 98.0 Å². The third-order valence-corrected chi connectivity index (χ3v) is 19.5. The van der Waals surface area contributed by atoms with Crippen LogP contribution in [0.3, 0.4) is 0 Å². The fraction of sp³-hybridized carbons (Fsp3) is 0.808. The molecule has 2 N–H and O–H groups in total. The van der Waals surface area contributed by atoms with Crippen molar-refractivity contribution < 1.29 is 99.9 Å². The SMILES string of the molecule is CC(=O)NC1[C@H](OCCCCCCC(=O)CCOCC(COCCC(=O)CCCCCCO[C@@H]2OC(COC(C)=O)[C@H](C)[C@H](C)C2C)(COCCC(=O)NCCCCCO[C@@H]2OC(COC(C)=O)[C@H](C)[C@H](C)C2C)CC(=O)OCc2ccccc2)OC(COC(C)=O)[C@H](C)[C@@H]1C. The van der Waals surface area contributed by atoms with Gasteiger partial charge in [0.15, 0.2) is 18.9 Å². The number of ketones is 2. The molecule has 96 heavy (non-hydrogen) atoms. The second kappa shape index (κ2) is 46.4. The van der Waals surface area contributed by atoms with Gasteiger partial charge in [-0.15, -0.1) is 0 Å². The van der Waals surface area contributed by atoms with Crippen molar-refractivity contribution in [2.45, 2.75) is 242 Å². The summed E-state index contributed by atoms with van der Waals surface area (Å²) in [6.07, 6.45) is 7.05. The third kappa shape index (κ3) is 32.3. The number of amides is 2. The monoisotopic (exact) mass is 1360 g/mol. The minimum atomic E-state index is -1.12. The van der Waals surface area contributed by atoms with Gasteiger partial charge in [-0.3, -0.25) is 38.4 Å². The average molecular weight is 1360 g/mol. The van der Waals surface area contributed by atoms with Gasteiger partial charge in [0.05, 0.1) is 75.8 Å². The van der Waals surface area contributed by atoms with E-state index in [1.165, 1.54) is 27.7 Å². The Kier molecular flexibility index (Phi) is 40.3. The van der Waals surface area contributed by atoms with Crippen LogP contribution in [0.2, 0.25) is 0 Å². The predicted molar refractivity (Wildman–Crippen MR) is 357 cm³/mol. The summed E-state index contributed by atoms with van der Waals surface area (Å²) in [5, 5.41) is 5.95. The zero-order valence-electron chi connectivity index (χ0n) is 60.0. The standard InChI is InChI=1S/C73H120N2O21/c1-49-51(3)64(43-90-58(10)77)94-70(55(49)7)87-35-24-15-13-21-29-62(80)31-38-84-46-73(41-68(83)93-42-61-27-19-17-20-28-61,48-86-40-33-67(82)74-34-23-18-26-36-88-71-56(8)50(2)52(4)65(95-71)44-91-59(11)78)47-85-39-32-63(81)30-22-14-16-25-37-89-72-69(75-57(9)76)54(6)53(5)66(96-72)45-92-60(12)79/h17,19-20,27-28,49-56,64-66,69-72H,13-16,18,21-26,29-48H2,1-12H3,(H,74,82)(H,75,76)/t49-,50-,51+,52+,53+,54-,55?,56?,64?,65?,66?,69?,70+,71+,72+,73?/m0/s1. The Labute approximate surface area is 572 Å². The first-order chi connectivity index (χ1) is 45.9. The molecule has 7 unspecified atom stereocenters. The Morgan fingerprint density at radius 2 is 0.833 bits per heavy atom. The number of carbonyl (C=O) groups is 8. The van der Waals surface area contributed by atoms with E-state index in [0.29, 0.717) is 70.3 Å². The van der Waals surface area contributed by atoms with E-state index in [1.807, 2.05) is 44.2 Å². The van der Waals surface area contributed by atoms with Gasteiger partial charge in [-0.2, -0.15) is 0 Å². The smallest absolute Gasteiger partial charge is 0.306 e. The summed E-state index contributed by atoms with van der Waals surface area (Å²) in [5.41, 5.74) is -0.311. The number of rotatable bonds is 49. The molecule has 0 spiro atoms. The van der Waals surface area contributed by atoms with Gasteiger partial charge in [0.1, 0.15) is 38.0 Å². The van der Waals surface area contributed by atoms with Gasteiger partial charge in [-0.1, -0.05) is 111 Å². The number of nitrogens with one attached hydrogen (secondary N) is 2. The zero-order chi connectivity index (χ0) is 70.4. The number of benzene rings is 1. The molecule has 2 amide bonds. The Balaban J connectivity index is 1.28. The van der Waals surface area contributed by atoms with Crippen molar-refractivity contribution in [2.75, 3.05) is 85.8 Å². The lowest BCUT2D eigenvalue weighted by atomic mass is 9.79. The zero-order valence-corrected chi connectivity index (χ0v) is 60.0. The van der Waals surface area contributed by atoms with Crippen LogP contribution in [0.4, 0.5) is 0 Å². The predicted octanol–water partition coefficient (Wildman–Crippen LogP) is 10.2. The average Bonchev–Trinajstić information content (AvgIpc) is 0.886. The van der Waals surface area contributed by atoms with E-state index < -0.39 is 36.2 Å². The van der Waals surface area contributed by atoms with E-state index in [1.54, 1.807) is 0 Å². The molecule has 16 atom stereocenters. The number of ether oxygens (including phenoxy) is 13. The first kappa shape index (κ1) is 83.4. The van der Waals surface area contributed by atoms with Gasteiger partial charge in [-0.25, -0.2) is 0 Å². The number of esters is 4. The fourth-order valence-corrected chi connectivity index (χ4v) is 12.3. The Hall–Kier alpha value is -4.98. The molecule has 0 bridgehead atoms. The number of hydrogen-bond donors (Lipinski definition) is 2. The van der Waals surface area contributed by atoms with Gasteiger partial charge < -0.3 is 72.2 Å². The molecule has 0 saturated carbocycles. The number of hydrogen-bond acceptors (Lipinski definition) is 21. The molecule has 3 saturated heterocycles. The Morgan fingerprint density at radius 3 is 1.28 bits per heavy atom. The molecular formula is C73H120N2O21. The van der Waals surface area contributed by atoms with Crippen LogP contribution in [0.5, 0.6) is 0 Å². The molecule has 0 aliphatic carbocycles. The minimum Gasteiger partial charge on any atom is -0.463 e. The lowest BCUT2D eigenvalue weighted by Gasteiger charge is -2.44. The fourth-order valence-electron chi connectivity index (χ4n) is 12.3. The maximum atomic E-state index is 13.8. The normalized spacial score (nSPS) is 26.4. The van der Waals surface area contributed by atoms with E-state index >= 15 is 0 Å². The summed E-state index contributed by atoms with van der Waals surface area (Å²) in [5.74, 6) is -0.525. The second-order valence-corrected chi connectivity index (χ2v) is 27.3. The molecule has 3 fully saturated rings. The molecule has 548 valence electrons. The van der Waals surface area contributed by atoms with Gasteiger partial charge in [0.2, 0.25) is 11.8 Å². The van der Waals surface area contributed by atoms with Crippen LogP contribution in [0, 0.1) is 52.8 Å². The van der Waals surface area contributed by atoms with Crippen LogP contribution < -0.4 is 10.6 Å².